The van der Waals surface area contributed by atoms with E-state index in [0.717, 1.165) is 45.0 Å². The van der Waals surface area contributed by atoms with Gasteiger partial charge < -0.3 is 10.2 Å². The van der Waals surface area contributed by atoms with Crippen LogP contribution in [0.5, 0.6) is 0 Å². The zero-order chi connectivity index (χ0) is 19.2. The number of nitrogens with one attached hydrogen (secondary N) is 1. The van der Waals surface area contributed by atoms with Crippen LogP contribution >= 0.6 is 24.0 Å². The molecular formula is C19H39IN4O2S. The number of likely N-dealkylation sites (tertiary alicyclic amines) is 1. The van der Waals surface area contributed by atoms with E-state index in [1.54, 1.807) is 4.31 Å². The largest absolute Gasteiger partial charge is 0.357 e. The lowest BCUT2D eigenvalue weighted by Crippen LogP contribution is -2.50. The molecule has 1 unspecified atom stereocenters. The molecule has 2 saturated heterocycles. The molecule has 0 radical (unpaired) electrons. The first kappa shape index (κ1) is 24.9. The van der Waals surface area contributed by atoms with Crippen LogP contribution in [0.3, 0.4) is 0 Å². The number of guanidine groups is 1. The summed E-state index contributed by atoms with van der Waals surface area (Å²) in [6.07, 6.45) is 8.16. The van der Waals surface area contributed by atoms with Crippen molar-refractivity contribution in [3.05, 3.63) is 0 Å². The third-order valence-corrected chi connectivity index (χ3v) is 7.11. The predicted octanol–water partition coefficient (Wildman–Crippen LogP) is 3.14. The Kier molecular flexibility index (Phi) is 10.3. The first-order valence-corrected chi connectivity index (χ1v) is 12.1. The molecule has 160 valence electrons. The standard InChI is InChI=1S/C19H38N4O2S.HI/c1-5-10-19(3)11-7-12-22(16-19)18(20-6-2)21-15-17-8-13-23(14-9-17)26(4,24)25;/h17H,5-16H2,1-4H3,(H,20,21);1H. The Morgan fingerprint density at radius 1 is 1.22 bits per heavy atom. The van der Waals surface area contributed by atoms with Gasteiger partial charge in [0.1, 0.15) is 0 Å². The highest BCUT2D eigenvalue weighted by Gasteiger charge is 2.31. The summed E-state index contributed by atoms with van der Waals surface area (Å²) in [5.41, 5.74) is 0.393. The molecule has 0 bridgehead atoms. The Hall–Kier alpha value is -0.0900. The molecular weight excluding hydrogens is 475 g/mol. The number of halogens is 1. The van der Waals surface area contributed by atoms with Gasteiger partial charge in [-0.15, -0.1) is 24.0 Å². The molecule has 2 rings (SSSR count). The third kappa shape index (κ3) is 7.68. The first-order valence-electron chi connectivity index (χ1n) is 10.3. The molecule has 0 aliphatic carbocycles. The second-order valence-electron chi connectivity index (χ2n) is 8.39. The van der Waals surface area contributed by atoms with Crippen LogP contribution in [-0.2, 0) is 10.0 Å². The smallest absolute Gasteiger partial charge is 0.211 e. The van der Waals surface area contributed by atoms with Gasteiger partial charge in [-0.3, -0.25) is 4.99 Å². The van der Waals surface area contributed by atoms with E-state index in [-0.39, 0.29) is 24.0 Å². The van der Waals surface area contributed by atoms with E-state index in [1.165, 1.54) is 31.9 Å². The van der Waals surface area contributed by atoms with Crippen LogP contribution in [0.25, 0.3) is 0 Å². The average molecular weight is 515 g/mol. The molecule has 2 aliphatic heterocycles. The van der Waals surface area contributed by atoms with Crippen molar-refractivity contribution in [2.75, 3.05) is 45.5 Å². The van der Waals surface area contributed by atoms with E-state index >= 15 is 0 Å². The third-order valence-electron chi connectivity index (χ3n) is 5.81. The summed E-state index contributed by atoms with van der Waals surface area (Å²) in [4.78, 5) is 7.38. The van der Waals surface area contributed by atoms with Gasteiger partial charge in [0.2, 0.25) is 10.0 Å². The topological polar surface area (TPSA) is 65.0 Å². The van der Waals surface area contributed by atoms with Crippen molar-refractivity contribution in [3.8, 4) is 0 Å². The number of sulfonamides is 1. The minimum Gasteiger partial charge on any atom is -0.357 e. The molecule has 2 fully saturated rings. The van der Waals surface area contributed by atoms with Gasteiger partial charge in [0.25, 0.3) is 0 Å². The lowest BCUT2D eigenvalue weighted by molar-refractivity contribution is 0.142. The van der Waals surface area contributed by atoms with Crippen molar-refractivity contribution in [2.45, 2.75) is 59.3 Å². The summed E-state index contributed by atoms with van der Waals surface area (Å²) in [6, 6.07) is 0. The molecule has 0 saturated carbocycles. The van der Waals surface area contributed by atoms with E-state index < -0.39 is 10.0 Å². The Labute approximate surface area is 183 Å². The molecule has 0 aromatic heterocycles. The van der Waals surface area contributed by atoms with Crippen LogP contribution in [0.4, 0.5) is 0 Å². The van der Waals surface area contributed by atoms with E-state index in [4.69, 9.17) is 4.99 Å². The van der Waals surface area contributed by atoms with Crippen molar-refractivity contribution >= 4 is 40.0 Å². The van der Waals surface area contributed by atoms with Crippen molar-refractivity contribution in [1.82, 2.24) is 14.5 Å². The Balaban J connectivity index is 0.00000364. The molecule has 0 spiro atoms. The van der Waals surface area contributed by atoms with Crippen molar-refractivity contribution in [2.24, 2.45) is 16.3 Å². The quantitative estimate of drug-likeness (QED) is 0.336. The number of piperidine rings is 2. The fourth-order valence-electron chi connectivity index (χ4n) is 4.37. The van der Waals surface area contributed by atoms with E-state index in [0.29, 0.717) is 24.4 Å². The van der Waals surface area contributed by atoms with Gasteiger partial charge in [-0.1, -0.05) is 20.3 Å². The lowest BCUT2D eigenvalue weighted by atomic mass is 9.78. The molecule has 0 aromatic carbocycles. The molecule has 8 heteroatoms. The van der Waals surface area contributed by atoms with Gasteiger partial charge >= 0.3 is 0 Å². The first-order chi connectivity index (χ1) is 12.3. The highest BCUT2D eigenvalue weighted by Crippen LogP contribution is 2.34. The molecule has 0 amide bonds. The van der Waals surface area contributed by atoms with E-state index in [9.17, 15) is 8.42 Å². The summed E-state index contributed by atoms with van der Waals surface area (Å²) in [7, 11) is -3.05. The van der Waals surface area contributed by atoms with Crippen molar-refractivity contribution in [1.29, 1.82) is 0 Å². The zero-order valence-corrected chi connectivity index (χ0v) is 20.7. The van der Waals surface area contributed by atoms with Crippen LogP contribution in [0, 0.1) is 11.3 Å². The summed E-state index contributed by atoms with van der Waals surface area (Å²) < 4.78 is 24.9. The van der Waals surface area contributed by atoms with Gasteiger partial charge in [-0.25, -0.2) is 12.7 Å². The molecule has 0 aromatic rings. The van der Waals surface area contributed by atoms with Crippen LogP contribution in [0.1, 0.15) is 59.3 Å². The Morgan fingerprint density at radius 2 is 1.89 bits per heavy atom. The van der Waals surface area contributed by atoms with Gasteiger partial charge in [0.15, 0.2) is 5.96 Å². The number of hydrogen-bond acceptors (Lipinski definition) is 3. The van der Waals surface area contributed by atoms with Crippen molar-refractivity contribution < 1.29 is 8.42 Å². The van der Waals surface area contributed by atoms with E-state index in [1.807, 2.05) is 0 Å². The molecule has 6 nitrogen and oxygen atoms in total. The number of aliphatic imine (C=N–C) groups is 1. The molecule has 1 N–H and O–H groups in total. The average Bonchev–Trinajstić information content (AvgIpc) is 2.58. The fourth-order valence-corrected chi connectivity index (χ4v) is 5.24. The molecule has 1 atom stereocenters. The minimum atomic E-state index is -3.05. The summed E-state index contributed by atoms with van der Waals surface area (Å²) >= 11 is 0. The lowest BCUT2D eigenvalue weighted by Gasteiger charge is -2.42. The SMILES string of the molecule is CCCC1(C)CCCN(C(=NCC2CCN(S(C)(=O)=O)CC2)NCC)C1.I. The highest BCUT2D eigenvalue weighted by molar-refractivity contribution is 14.0. The maximum absolute atomic E-state index is 11.6. The van der Waals surface area contributed by atoms with Crippen molar-refractivity contribution in [3.63, 3.8) is 0 Å². The van der Waals surface area contributed by atoms with E-state index in [2.05, 4.69) is 31.0 Å². The second-order valence-corrected chi connectivity index (χ2v) is 10.4. The fraction of sp³-hybridized carbons (Fsp3) is 0.947. The maximum atomic E-state index is 11.6. The zero-order valence-electron chi connectivity index (χ0n) is 17.5. The monoisotopic (exact) mass is 514 g/mol. The highest BCUT2D eigenvalue weighted by atomic mass is 127. The molecule has 27 heavy (non-hydrogen) atoms. The van der Waals surface area contributed by atoms with Gasteiger partial charge in [-0.05, 0) is 50.4 Å². The Morgan fingerprint density at radius 3 is 2.44 bits per heavy atom. The molecule has 2 aliphatic rings. The maximum Gasteiger partial charge on any atom is 0.211 e. The molecule has 2 heterocycles. The summed E-state index contributed by atoms with van der Waals surface area (Å²) in [5, 5.41) is 3.47. The summed E-state index contributed by atoms with van der Waals surface area (Å²) in [5.74, 6) is 1.52. The van der Waals surface area contributed by atoms with Crippen LogP contribution in [0.15, 0.2) is 4.99 Å². The Bertz CT molecular complexity index is 572. The minimum absolute atomic E-state index is 0. The van der Waals surface area contributed by atoms with Crippen LogP contribution in [0.2, 0.25) is 0 Å². The normalized spacial score (nSPS) is 25.9. The van der Waals surface area contributed by atoms with Crippen LogP contribution < -0.4 is 5.32 Å². The van der Waals surface area contributed by atoms with Crippen LogP contribution in [-0.4, -0.2) is 69.1 Å². The second kappa shape index (κ2) is 11.2. The van der Waals surface area contributed by atoms with Gasteiger partial charge in [-0.2, -0.15) is 0 Å². The summed E-state index contributed by atoms with van der Waals surface area (Å²) in [6.45, 7) is 11.9. The predicted molar refractivity (Wildman–Crippen MR) is 124 cm³/mol. The number of nitrogens with zero attached hydrogens (tertiary/aromatic N) is 3. The number of hydrogen-bond donors (Lipinski definition) is 1. The van der Waals surface area contributed by atoms with Gasteiger partial charge in [0.05, 0.1) is 6.26 Å². The number of rotatable bonds is 6. The van der Waals surface area contributed by atoms with Gasteiger partial charge in [0, 0.05) is 39.3 Å².